The van der Waals surface area contributed by atoms with Crippen LogP contribution in [0.3, 0.4) is 0 Å². The van der Waals surface area contributed by atoms with Crippen LogP contribution in [0.2, 0.25) is 0 Å². The molecule has 0 aliphatic carbocycles. The van der Waals surface area contributed by atoms with E-state index in [2.05, 4.69) is 10.0 Å². The van der Waals surface area contributed by atoms with Gasteiger partial charge in [0, 0.05) is 29.4 Å². The molecule has 1 atom stereocenters. The maximum absolute atomic E-state index is 13.1. The maximum atomic E-state index is 13.1. The number of anilines is 1. The van der Waals surface area contributed by atoms with Crippen LogP contribution >= 0.6 is 0 Å². The number of fused-ring (bicyclic) bond motifs is 1. The van der Waals surface area contributed by atoms with Crippen molar-refractivity contribution in [2.75, 3.05) is 11.9 Å². The van der Waals surface area contributed by atoms with Crippen molar-refractivity contribution in [2.24, 2.45) is 0 Å². The van der Waals surface area contributed by atoms with Gasteiger partial charge in [-0.3, -0.25) is 9.59 Å². The van der Waals surface area contributed by atoms with E-state index < -0.39 is 34.0 Å². The highest BCUT2D eigenvalue weighted by Gasteiger charge is 2.41. The van der Waals surface area contributed by atoms with Crippen LogP contribution in [0.4, 0.5) is 10.5 Å². The SMILES string of the molecule is CCNS(=O)(=O)c1cccc2c(NC(=O)[C@@H]3CCC(=O)N3C(=O)OCc3ccccc3)cccc12. The molecule has 0 unspecified atom stereocenters. The van der Waals surface area contributed by atoms with Gasteiger partial charge in [-0.2, -0.15) is 0 Å². The van der Waals surface area contributed by atoms with Gasteiger partial charge in [-0.05, 0) is 24.1 Å². The first-order chi connectivity index (χ1) is 16.8. The summed E-state index contributed by atoms with van der Waals surface area (Å²) >= 11 is 0. The summed E-state index contributed by atoms with van der Waals surface area (Å²) < 4.78 is 33.0. The van der Waals surface area contributed by atoms with Gasteiger partial charge in [0.1, 0.15) is 12.6 Å². The van der Waals surface area contributed by atoms with E-state index in [9.17, 15) is 22.8 Å². The van der Waals surface area contributed by atoms with Gasteiger partial charge in [0.05, 0.1) is 4.90 Å². The number of imide groups is 1. The Hall–Kier alpha value is -3.76. The average Bonchev–Trinajstić information content (AvgIpc) is 3.24. The lowest BCUT2D eigenvalue weighted by Crippen LogP contribution is -2.45. The van der Waals surface area contributed by atoms with Crippen molar-refractivity contribution in [3.63, 3.8) is 0 Å². The van der Waals surface area contributed by atoms with E-state index in [4.69, 9.17) is 4.74 Å². The molecule has 10 heteroatoms. The Bertz CT molecular complexity index is 1370. The lowest BCUT2D eigenvalue weighted by molar-refractivity contribution is -0.131. The fourth-order valence-electron chi connectivity index (χ4n) is 4.06. The van der Waals surface area contributed by atoms with E-state index in [1.54, 1.807) is 61.5 Å². The fraction of sp³-hybridized carbons (Fsp3) is 0.240. The summed E-state index contributed by atoms with van der Waals surface area (Å²) in [6.45, 7) is 1.90. The van der Waals surface area contributed by atoms with Crippen molar-refractivity contribution in [1.82, 2.24) is 9.62 Å². The van der Waals surface area contributed by atoms with Gasteiger partial charge < -0.3 is 10.1 Å². The first-order valence-corrected chi connectivity index (χ1v) is 12.6. The average molecular weight is 496 g/mol. The number of likely N-dealkylation sites (tertiary alicyclic amines) is 1. The standard InChI is InChI=1S/C25H25N3O6S/c1-2-26-35(32,33)22-13-7-10-18-19(22)11-6-12-20(18)27-24(30)21-14-15-23(29)28(21)25(31)34-16-17-8-4-3-5-9-17/h3-13,21,26H,2,14-16H2,1H3,(H,27,30)/t21-/m0/s1. The van der Waals surface area contributed by atoms with Gasteiger partial charge in [-0.15, -0.1) is 0 Å². The molecule has 1 aliphatic heterocycles. The van der Waals surface area contributed by atoms with Gasteiger partial charge in [0.15, 0.2) is 0 Å². The minimum absolute atomic E-state index is 0.0236. The minimum Gasteiger partial charge on any atom is -0.444 e. The number of nitrogens with one attached hydrogen (secondary N) is 2. The fourth-order valence-corrected chi connectivity index (χ4v) is 5.32. The quantitative estimate of drug-likeness (QED) is 0.518. The Morgan fingerprint density at radius 1 is 1.00 bits per heavy atom. The number of ether oxygens (including phenoxy) is 1. The number of hydrogen-bond acceptors (Lipinski definition) is 6. The molecule has 0 saturated carbocycles. The molecule has 0 aromatic heterocycles. The summed E-state index contributed by atoms with van der Waals surface area (Å²) in [5.74, 6) is -1.04. The van der Waals surface area contributed by atoms with Crippen LogP contribution in [0.15, 0.2) is 71.6 Å². The zero-order chi connectivity index (χ0) is 25.0. The van der Waals surface area contributed by atoms with E-state index in [-0.39, 0.29) is 30.9 Å². The van der Waals surface area contributed by atoms with E-state index in [1.165, 1.54) is 6.07 Å². The van der Waals surface area contributed by atoms with Crippen LogP contribution in [-0.2, 0) is 31.0 Å². The summed E-state index contributed by atoms with van der Waals surface area (Å²) in [5, 5.41) is 3.71. The second-order valence-electron chi connectivity index (χ2n) is 8.01. The molecule has 1 aliphatic rings. The van der Waals surface area contributed by atoms with Crippen molar-refractivity contribution >= 4 is 44.4 Å². The van der Waals surface area contributed by atoms with Crippen LogP contribution in [0.1, 0.15) is 25.3 Å². The van der Waals surface area contributed by atoms with Crippen LogP contribution in [0.5, 0.6) is 0 Å². The maximum Gasteiger partial charge on any atom is 0.417 e. The summed E-state index contributed by atoms with van der Waals surface area (Å²) in [4.78, 5) is 39.1. The lowest BCUT2D eigenvalue weighted by Gasteiger charge is -2.22. The Labute approximate surface area is 203 Å². The molecule has 3 amide bonds. The van der Waals surface area contributed by atoms with Crippen molar-refractivity contribution in [3.8, 4) is 0 Å². The van der Waals surface area contributed by atoms with E-state index in [1.807, 2.05) is 6.07 Å². The van der Waals surface area contributed by atoms with Crippen LogP contribution in [0, 0.1) is 0 Å². The number of rotatable bonds is 7. The molecule has 1 saturated heterocycles. The third kappa shape index (κ3) is 5.18. The van der Waals surface area contributed by atoms with Crippen molar-refractivity contribution in [1.29, 1.82) is 0 Å². The molecule has 3 aromatic rings. The summed E-state index contributed by atoms with van der Waals surface area (Å²) in [7, 11) is -3.73. The molecule has 182 valence electrons. The number of benzene rings is 3. The van der Waals surface area contributed by atoms with Gasteiger partial charge in [0.25, 0.3) is 0 Å². The topological polar surface area (TPSA) is 122 Å². The highest BCUT2D eigenvalue weighted by Crippen LogP contribution is 2.30. The predicted octanol–water partition coefficient (Wildman–Crippen LogP) is 3.40. The van der Waals surface area contributed by atoms with Crippen molar-refractivity contribution in [2.45, 2.75) is 37.3 Å². The van der Waals surface area contributed by atoms with Crippen LogP contribution in [0.25, 0.3) is 10.8 Å². The number of sulfonamides is 1. The van der Waals surface area contributed by atoms with Gasteiger partial charge in [0.2, 0.25) is 21.8 Å². The third-order valence-corrected chi connectivity index (χ3v) is 7.28. The summed E-state index contributed by atoms with van der Waals surface area (Å²) in [6.07, 6.45) is -0.678. The third-order valence-electron chi connectivity index (χ3n) is 5.68. The number of amides is 3. The summed E-state index contributed by atoms with van der Waals surface area (Å²) in [6, 6.07) is 17.7. The normalized spacial score (nSPS) is 15.9. The number of nitrogens with zero attached hydrogens (tertiary/aromatic N) is 1. The van der Waals surface area contributed by atoms with Crippen LogP contribution in [-0.4, -0.2) is 43.8 Å². The Balaban J connectivity index is 1.55. The molecule has 1 heterocycles. The molecule has 35 heavy (non-hydrogen) atoms. The minimum atomic E-state index is -3.73. The van der Waals surface area contributed by atoms with Crippen molar-refractivity contribution in [3.05, 3.63) is 72.3 Å². The molecule has 0 spiro atoms. The Morgan fingerprint density at radius 3 is 2.46 bits per heavy atom. The zero-order valence-corrected chi connectivity index (χ0v) is 19.9. The zero-order valence-electron chi connectivity index (χ0n) is 19.1. The van der Waals surface area contributed by atoms with E-state index in [0.717, 1.165) is 10.5 Å². The molecule has 1 fully saturated rings. The molecular weight excluding hydrogens is 470 g/mol. The van der Waals surface area contributed by atoms with Crippen LogP contribution < -0.4 is 10.0 Å². The Morgan fingerprint density at radius 2 is 1.71 bits per heavy atom. The van der Waals surface area contributed by atoms with Gasteiger partial charge >= 0.3 is 6.09 Å². The second-order valence-corrected chi connectivity index (χ2v) is 9.74. The smallest absolute Gasteiger partial charge is 0.417 e. The molecule has 2 N–H and O–H groups in total. The highest BCUT2D eigenvalue weighted by atomic mass is 32.2. The molecule has 3 aromatic carbocycles. The Kier molecular flexibility index (Phi) is 7.13. The molecule has 4 rings (SSSR count). The van der Waals surface area contributed by atoms with Gasteiger partial charge in [-0.25, -0.2) is 22.8 Å². The van der Waals surface area contributed by atoms with E-state index in [0.29, 0.717) is 16.5 Å². The monoisotopic (exact) mass is 495 g/mol. The highest BCUT2D eigenvalue weighted by molar-refractivity contribution is 7.89. The van der Waals surface area contributed by atoms with Gasteiger partial charge in [-0.1, -0.05) is 61.5 Å². The lowest BCUT2D eigenvalue weighted by atomic mass is 10.1. The number of hydrogen-bond donors (Lipinski definition) is 2. The number of carbonyl (C=O) groups is 3. The first-order valence-electron chi connectivity index (χ1n) is 11.2. The number of carbonyl (C=O) groups excluding carboxylic acids is 3. The van der Waals surface area contributed by atoms with Crippen molar-refractivity contribution < 1.29 is 27.5 Å². The second kappa shape index (κ2) is 10.2. The molecular formula is C25H25N3O6S. The molecule has 0 bridgehead atoms. The predicted molar refractivity (Wildman–Crippen MR) is 130 cm³/mol. The summed E-state index contributed by atoms with van der Waals surface area (Å²) in [5.41, 5.74) is 1.13. The largest absolute Gasteiger partial charge is 0.444 e. The van der Waals surface area contributed by atoms with E-state index >= 15 is 0 Å². The molecule has 0 radical (unpaired) electrons. The molecule has 9 nitrogen and oxygen atoms in total. The first kappa shape index (κ1) is 24.4.